The van der Waals surface area contributed by atoms with E-state index in [4.69, 9.17) is 0 Å². The molecule has 2 rings (SSSR count). The van der Waals surface area contributed by atoms with Gasteiger partial charge in [-0.2, -0.15) is 0 Å². The van der Waals surface area contributed by atoms with Crippen molar-refractivity contribution in [2.24, 2.45) is 0 Å². The number of anilines is 1. The largest absolute Gasteiger partial charge is 1.00 e. The van der Waals surface area contributed by atoms with Gasteiger partial charge in [-0.3, -0.25) is 4.72 Å². The quantitative estimate of drug-likeness (QED) is 0.553. The Bertz CT molecular complexity index is 613. The fourth-order valence-corrected chi connectivity index (χ4v) is 2.86. The Balaban J connectivity index is 0.00000144. The van der Waals surface area contributed by atoms with Gasteiger partial charge in [0.1, 0.15) is 0 Å². The second kappa shape index (κ2) is 5.21. The van der Waals surface area contributed by atoms with Gasteiger partial charge in [-0.25, -0.2) is 13.4 Å². The number of nitrogens with zero attached hydrogens (tertiary/aromatic N) is 1. The van der Waals surface area contributed by atoms with E-state index in [9.17, 15) is 13.0 Å². The van der Waals surface area contributed by atoms with Crippen LogP contribution in [0, 0.1) is 13.8 Å². The summed E-state index contributed by atoms with van der Waals surface area (Å²) in [6.07, 6.45) is 0. The Morgan fingerprint density at radius 3 is 2.47 bits per heavy atom. The van der Waals surface area contributed by atoms with Gasteiger partial charge in [-0.15, -0.1) is 0 Å². The van der Waals surface area contributed by atoms with E-state index in [-0.39, 0.29) is 34.7 Å². The molecule has 0 saturated heterocycles. The third kappa shape index (κ3) is 3.64. The van der Waals surface area contributed by atoms with Gasteiger partial charge in [0.2, 0.25) is 0 Å². The van der Waals surface area contributed by atoms with E-state index >= 15 is 0 Å². The van der Waals surface area contributed by atoms with Gasteiger partial charge < -0.3 is 4.55 Å². The van der Waals surface area contributed by atoms with Crippen molar-refractivity contribution >= 4 is 37.0 Å². The maximum atomic E-state index is 10.5. The Morgan fingerprint density at radius 2 is 1.88 bits per heavy atom. The Kier molecular flexibility index (Phi) is 4.56. The van der Waals surface area contributed by atoms with E-state index in [1.165, 1.54) is 0 Å². The van der Waals surface area contributed by atoms with Gasteiger partial charge in [0.15, 0.2) is 15.4 Å². The fourth-order valence-electron chi connectivity index (χ4n) is 1.33. The van der Waals surface area contributed by atoms with Gasteiger partial charge in [0, 0.05) is 0 Å². The van der Waals surface area contributed by atoms with Crippen molar-refractivity contribution < 1.29 is 42.5 Å². The zero-order valence-electron chi connectivity index (χ0n) is 9.64. The third-order valence-electron chi connectivity index (χ3n) is 2.22. The van der Waals surface area contributed by atoms with Crippen molar-refractivity contribution in [3.05, 3.63) is 23.3 Å². The number of benzene rings is 1. The molecule has 5 nitrogen and oxygen atoms in total. The molecule has 2 aromatic rings. The molecule has 0 aliphatic rings. The molecule has 0 unspecified atom stereocenters. The molecular formula is C9H9N2NaO3S2. The number of hydrogen-bond donors (Lipinski definition) is 1. The number of rotatable bonds is 2. The SMILES string of the molecule is Cc1cc2nc(NS(=O)(=O)[O-])sc2cc1C.[Na+]. The molecular weight excluding hydrogens is 271 g/mol. The van der Waals surface area contributed by atoms with Gasteiger partial charge in [0.05, 0.1) is 10.2 Å². The van der Waals surface area contributed by atoms with E-state index in [0.717, 1.165) is 27.2 Å². The molecule has 0 aliphatic heterocycles. The molecule has 1 heterocycles. The Hall–Kier alpha value is -0.180. The monoisotopic (exact) mass is 280 g/mol. The topological polar surface area (TPSA) is 82.1 Å². The molecule has 0 atom stereocenters. The van der Waals surface area contributed by atoms with Crippen molar-refractivity contribution in [3.8, 4) is 0 Å². The van der Waals surface area contributed by atoms with Crippen LogP contribution in [0.1, 0.15) is 11.1 Å². The second-order valence-corrected chi connectivity index (χ2v) is 5.62. The molecule has 0 radical (unpaired) electrons. The molecule has 1 aromatic carbocycles. The summed E-state index contributed by atoms with van der Waals surface area (Å²) in [7, 11) is -4.50. The second-order valence-electron chi connectivity index (χ2n) is 3.48. The number of nitrogens with one attached hydrogen (secondary N) is 1. The number of aryl methyl sites for hydroxylation is 2. The predicted molar refractivity (Wildman–Crippen MR) is 62.4 cm³/mol. The van der Waals surface area contributed by atoms with E-state index in [1.807, 2.05) is 30.7 Å². The van der Waals surface area contributed by atoms with Crippen LogP contribution in [-0.2, 0) is 10.3 Å². The van der Waals surface area contributed by atoms with Crippen LogP contribution in [0.2, 0.25) is 0 Å². The third-order valence-corrected chi connectivity index (χ3v) is 3.72. The maximum Gasteiger partial charge on any atom is 1.00 e. The van der Waals surface area contributed by atoms with E-state index in [1.54, 1.807) is 0 Å². The number of thiazole rings is 1. The summed E-state index contributed by atoms with van der Waals surface area (Å²) < 4.78 is 34.2. The summed E-state index contributed by atoms with van der Waals surface area (Å²) in [4.78, 5) is 4.03. The first-order valence-electron chi connectivity index (χ1n) is 4.46. The molecule has 86 valence electrons. The molecule has 8 heteroatoms. The Labute approximate surface area is 125 Å². The van der Waals surface area contributed by atoms with Crippen LogP contribution >= 0.6 is 11.3 Å². The molecule has 0 amide bonds. The first-order valence-corrected chi connectivity index (χ1v) is 6.69. The van der Waals surface area contributed by atoms with Crippen LogP contribution in [0.15, 0.2) is 12.1 Å². The number of hydrogen-bond acceptors (Lipinski definition) is 5. The molecule has 0 bridgehead atoms. The van der Waals surface area contributed by atoms with Crippen LogP contribution < -0.4 is 34.3 Å². The van der Waals surface area contributed by atoms with Crippen LogP contribution in [-0.4, -0.2) is 18.0 Å². The predicted octanol–water partition coefficient (Wildman–Crippen LogP) is -1.21. The summed E-state index contributed by atoms with van der Waals surface area (Å²) >= 11 is 1.15. The van der Waals surface area contributed by atoms with Crippen LogP contribution in [0.3, 0.4) is 0 Å². The molecule has 17 heavy (non-hydrogen) atoms. The first kappa shape index (κ1) is 14.9. The molecule has 0 saturated carbocycles. The van der Waals surface area contributed by atoms with Gasteiger partial charge in [-0.1, -0.05) is 11.3 Å². The van der Waals surface area contributed by atoms with Crippen molar-refractivity contribution in [1.29, 1.82) is 0 Å². The molecule has 0 aliphatic carbocycles. The first-order chi connectivity index (χ1) is 7.35. The fraction of sp³-hybridized carbons (Fsp3) is 0.222. The standard InChI is InChI=1S/C9H10N2O3S2.Na/c1-5-3-7-8(4-6(5)2)15-9(10-7)11-16(12,13)14;/h3-4H,1-2H3,(H,10,11)(H,12,13,14);/q;+1/p-1. The van der Waals surface area contributed by atoms with E-state index in [0.29, 0.717) is 5.52 Å². The minimum atomic E-state index is -4.50. The Morgan fingerprint density at radius 1 is 1.29 bits per heavy atom. The van der Waals surface area contributed by atoms with E-state index < -0.39 is 10.3 Å². The molecule has 0 fully saturated rings. The smallest absolute Gasteiger partial charge is 0.731 e. The minimum Gasteiger partial charge on any atom is -0.731 e. The van der Waals surface area contributed by atoms with Gasteiger partial charge >= 0.3 is 29.6 Å². The summed E-state index contributed by atoms with van der Waals surface area (Å²) in [6.45, 7) is 3.91. The van der Waals surface area contributed by atoms with Gasteiger partial charge in [0.25, 0.3) is 0 Å². The van der Waals surface area contributed by atoms with Crippen molar-refractivity contribution in [1.82, 2.24) is 4.98 Å². The van der Waals surface area contributed by atoms with Crippen LogP contribution in [0.25, 0.3) is 10.2 Å². The van der Waals surface area contributed by atoms with Crippen molar-refractivity contribution in [2.75, 3.05) is 4.72 Å². The summed E-state index contributed by atoms with van der Waals surface area (Å²) in [6, 6.07) is 3.79. The van der Waals surface area contributed by atoms with Crippen LogP contribution in [0.4, 0.5) is 5.13 Å². The number of fused-ring (bicyclic) bond motifs is 1. The summed E-state index contributed by atoms with van der Waals surface area (Å²) in [5.41, 5.74) is 2.88. The molecule has 0 spiro atoms. The van der Waals surface area contributed by atoms with Crippen molar-refractivity contribution in [3.63, 3.8) is 0 Å². The molecule has 1 N–H and O–H groups in total. The van der Waals surface area contributed by atoms with Gasteiger partial charge in [-0.05, 0) is 37.1 Å². The van der Waals surface area contributed by atoms with E-state index in [2.05, 4.69) is 4.98 Å². The minimum absolute atomic E-state index is 0. The average Bonchev–Trinajstić information content (AvgIpc) is 2.44. The normalized spacial score (nSPS) is 11.2. The van der Waals surface area contributed by atoms with Crippen molar-refractivity contribution in [2.45, 2.75) is 13.8 Å². The molecule has 1 aromatic heterocycles. The average molecular weight is 280 g/mol. The maximum absolute atomic E-state index is 10.5. The zero-order valence-corrected chi connectivity index (χ0v) is 13.3. The van der Waals surface area contributed by atoms with Crippen LogP contribution in [0.5, 0.6) is 0 Å². The zero-order chi connectivity index (χ0) is 11.9. The summed E-state index contributed by atoms with van der Waals surface area (Å²) in [5.74, 6) is 0. The number of aromatic nitrogens is 1. The summed E-state index contributed by atoms with van der Waals surface area (Å²) in [5, 5.41) is 0.106.